The molecule has 0 aliphatic rings. The summed E-state index contributed by atoms with van der Waals surface area (Å²) in [6.45, 7) is 6.58. The summed E-state index contributed by atoms with van der Waals surface area (Å²) < 4.78 is 16.7. The van der Waals surface area contributed by atoms with Crippen LogP contribution in [0.1, 0.15) is 329 Å². The number of allylic oxidation sites excluding steroid dienone is 2. The molecule has 1 atom stereocenters. The molecule has 0 aliphatic carbocycles. The first kappa shape index (κ1) is 63.1. The molecule has 0 N–H and O–H groups in total. The largest absolute Gasteiger partial charge is 0.462 e. The third kappa shape index (κ3) is 53.0. The smallest absolute Gasteiger partial charge is 0.306 e. The molecular formula is C59H112O6. The van der Waals surface area contributed by atoms with Crippen molar-refractivity contribution >= 4 is 17.9 Å². The van der Waals surface area contributed by atoms with Gasteiger partial charge in [0.1, 0.15) is 13.2 Å². The van der Waals surface area contributed by atoms with Gasteiger partial charge in [0.2, 0.25) is 0 Å². The summed E-state index contributed by atoms with van der Waals surface area (Å²) in [6.07, 6.45) is 62.7. The molecule has 0 aromatic carbocycles. The molecule has 65 heavy (non-hydrogen) atoms. The molecule has 0 saturated heterocycles. The van der Waals surface area contributed by atoms with E-state index in [1.807, 2.05) is 0 Å². The van der Waals surface area contributed by atoms with E-state index in [2.05, 4.69) is 32.9 Å². The average molecular weight is 918 g/mol. The third-order valence-electron chi connectivity index (χ3n) is 13.3. The highest BCUT2D eigenvalue weighted by Gasteiger charge is 2.19. The van der Waals surface area contributed by atoms with Crippen LogP contribution in [0, 0.1) is 0 Å². The van der Waals surface area contributed by atoms with Gasteiger partial charge in [-0.3, -0.25) is 14.4 Å². The zero-order valence-electron chi connectivity index (χ0n) is 44.0. The van der Waals surface area contributed by atoms with Crippen LogP contribution in [0.25, 0.3) is 0 Å². The van der Waals surface area contributed by atoms with E-state index in [1.54, 1.807) is 0 Å². The number of ether oxygens (including phenoxy) is 3. The number of rotatable bonds is 54. The summed E-state index contributed by atoms with van der Waals surface area (Å²) in [6, 6.07) is 0. The van der Waals surface area contributed by atoms with Gasteiger partial charge in [0.25, 0.3) is 0 Å². The maximum absolute atomic E-state index is 12.7. The van der Waals surface area contributed by atoms with E-state index < -0.39 is 6.10 Å². The number of carbonyl (C=O) groups excluding carboxylic acids is 3. The quantitative estimate of drug-likeness (QED) is 0.0262. The summed E-state index contributed by atoms with van der Waals surface area (Å²) in [5.41, 5.74) is 0. The Morgan fingerprint density at radius 2 is 0.523 bits per heavy atom. The van der Waals surface area contributed by atoms with Crippen molar-refractivity contribution in [2.45, 2.75) is 335 Å². The zero-order chi connectivity index (χ0) is 47.2. The van der Waals surface area contributed by atoms with Gasteiger partial charge < -0.3 is 14.2 Å². The first-order valence-corrected chi connectivity index (χ1v) is 29.2. The van der Waals surface area contributed by atoms with E-state index in [-0.39, 0.29) is 31.1 Å². The second kappa shape index (κ2) is 54.8. The van der Waals surface area contributed by atoms with E-state index >= 15 is 0 Å². The maximum Gasteiger partial charge on any atom is 0.306 e. The first-order chi connectivity index (χ1) is 32.0. The lowest BCUT2D eigenvalue weighted by atomic mass is 10.0. The minimum atomic E-state index is -0.766. The van der Waals surface area contributed by atoms with E-state index in [1.165, 1.54) is 225 Å². The van der Waals surface area contributed by atoms with Crippen LogP contribution in [-0.2, 0) is 28.6 Å². The molecule has 0 fully saturated rings. The lowest BCUT2D eigenvalue weighted by Gasteiger charge is -2.18. The standard InChI is InChI=1S/C59H112O6/c1-4-7-10-13-16-18-20-21-22-23-24-25-26-27-28-29-30-31-32-33-34-35-36-37-38-40-41-43-46-49-52-58(61)64-55-56(54-63-57(60)51-48-45-15-12-9-6-3)65-59(62)53-50-47-44-42-39-19-17-14-11-8-5-2/h14,17,56H,4-13,15-16,18-55H2,1-3H3/b17-14-. The lowest BCUT2D eigenvalue weighted by Crippen LogP contribution is -2.30. The summed E-state index contributed by atoms with van der Waals surface area (Å²) in [4.78, 5) is 37.7. The van der Waals surface area contributed by atoms with Crippen LogP contribution in [0.2, 0.25) is 0 Å². The van der Waals surface area contributed by atoms with Crippen LogP contribution in [0.5, 0.6) is 0 Å². The minimum Gasteiger partial charge on any atom is -0.462 e. The normalized spacial score (nSPS) is 12.0. The van der Waals surface area contributed by atoms with Crippen molar-refractivity contribution in [3.63, 3.8) is 0 Å². The molecule has 0 amide bonds. The summed E-state index contributed by atoms with van der Waals surface area (Å²) in [5.74, 6) is -0.873. The fourth-order valence-corrected chi connectivity index (χ4v) is 8.84. The molecular weight excluding hydrogens is 805 g/mol. The van der Waals surface area contributed by atoms with Crippen LogP contribution < -0.4 is 0 Å². The monoisotopic (exact) mass is 917 g/mol. The molecule has 6 heteroatoms. The molecule has 1 unspecified atom stereocenters. The molecule has 0 aliphatic heterocycles. The highest BCUT2D eigenvalue weighted by molar-refractivity contribution is 5.71. The molecule has 384 valence electrons. The number of unbranched alkanes of at least 4 members (excludes halogenated alkanes) is 41. The van der Waals surface area contributed by atoms with Gasteiger partial charge in [-0.15, -0.1) is 0 Å². The van der Waals surface area contributed by atoms with E-state index in [4.69, 9.17) is 14.2 Å². The first-order valence-electron chi connectivity index (χ1n) is 29.2. The van der Waals surface area contributed by atoms with Crippen LogP contribution in [0.4, 0.5) is 0 Å². The molecule has 0 heterocycles. The van der Waals surface area contributed by atoms with Gasteiger partial charge >= 0.3 is 17.9 Å². The van der Waals surface area contributed by atoms with Gasteiger partial charge in [-0.2, -0.15) is 0 Å². The molecule has 6 nitrogen and oxygen atoms in total. The third-order valence-corrected chi connectivity index (χ3v) is 13.3. The predicted octanol–water partition coefficient (Wildman–Crippen LogP) is 19.3. The number of carbonyl (C=O) groups is 3. The Morgan fingerprint density at radius 1 is 0.292 bits per heavy atom. The Hall–Kier alpha value is -1.85. The Kier molecular flexibility index (Phi) is 53.2. The van der Waals surface area contributed by atoms with Crippen molar-refractivity contribution < 1.29 is 28.6 Å². The van der Waals surface area contributed by atoms with Crippen LogP contribution >= 0.6 is 0 Å². The molecule has 0 saturated carbocycles. The number of esters is 3. The Balaban J connectivity index is 3.88. The van der Waals surface area contributed by atoms with Crippen LogP contribution in [-0.4, -0.2) is 37.2 Å². The zero-order valence-corrected chi connectivity index (χ0v) is 44.0. The van der Waals surface area contributed by atoms with Gasteiger partial charge in [-0.05, 0) is 38.5 Å². The Bertz CT molecular complexity index is 1010. The van der Waals surface area contributed by atoms with Gasteiger partial charge in [-0.1, -0.05) is 283 Å². The molecule has 0 bridgehead atoms. The molecule has 0 aromatic heterocycles. The Labute approximate surface area is 405 Å². The van der Waals surface area contributed by atoms with Crippen molar-refractivity contribution in [3.8, 4) is 0 Å². The van der Waals surface area contributed by atoms with E-state index in [0.717, 1.165) is 64.2 Å². The predicted molar refractivity (Wildman–Crippen MR) is 280 cm³/mol. The molecule has 0 radical (unpaired) electrons. The fourth-order valence-electron chi connectivity index (χ4n) is 8.84. The summed E-state index contributed by atoms with van der Waals surface area (Å²) in [7, 11) is 0. The van der Waals surface area contributed by atoms with Crippen molar-refractivity contribution in [1.29, 1.82) is 0 Å². The second-order valence-electron chi connectivity index (χ2n) is 19.9. The van der Waals surface area contributed by atoms with Crippen LogP contribution in [0.3, 0.4) is 0 Å². The SMILES string of the molecule is CCCC/C=C\CCCCCCCC(=O)OC(COC(=O)CCCCCCCC)COC(=O)CCCCCCCCCCCCCCCCCCCCCCCCCCCCCCCC. The highest BCUT2D eigenvalue weighted by atomic mass is 16.6. The van der Waals surface area contributed by atoms with Crippen molar-refractivity contribution in [1.82, 2.24) is 0 Å². The van der Waals surface area contributed by atoms with E-state index in [9.17, 15) is 14.4 Å². The van der Waals surface area contributed by atoms with Crippen molar-refractivity contribution in [2.75, 3.05) is 13.2 Å². The van der Waals surface area contributed by atoms with Gasteiger partial charge in [-0.25, -0.2) is 0 Å². The van der Waals surface area contributed by atoms with Gasteiger partial charge in [0.15, 0.2) is 6.10 Å². The van der Waals surface area contributed by atoms with Crippen molar-refractivity contribution in [3.05, 3.63) is 12.2 Å². The Morgan fingerprint density at radius 3 is 0.815 bits per heavy atom. The lowest BCUT2D eigenvalue weighted by molar-refractivity contribution is -0.167. The molecule has 0 spiro atoms. The topological polar surface area (TPSA) is 78.9 Å². The average Bonchev–Trinajstić information content (AvgIpc) is 3.30. The highest BCUT2D eigenvalue weighted by Crippen LogP contribution is 2.18. The summed E-state index contributed by atoms with van der Waals surface area (Å²) in [5, 5.41) is 0. The summed E-state index contributed by atoms with van der Waals surface area (Å²) >= 11 is 0. The van der Waals surface area contributed by atoms with Crippen LogP contribution in [0.15, 0.2) is 12.2 Å². The number of hydrogen-bond donors (Lipinski definition) is 0. The minimum absolute atomic E-state index is 0.0692. The van der Waals surface area contributed by atoms with Crippen molar-refractivity contribution in [2.24, 2.45) is 0 Å². The maximum atomic E-state index is 12.7. The van der Waals surface area contributed by atoms with Gasteiger partial charge in [0.05, 0.1) is 0 Å². The van der Waals surface area contributed by atoms with Gasteiger partial charge in [0, 0.05) is 19.3 Å². The van der Waals surface area contributed by atoms with E-state index in [0.29, 0.717) is 19.3 Å². The second-order valence-corrected chi connectivity index (χ2v) is 19.9. The molecule has 0 aromatic rings. The molecule has 0 rings (SSSR count). The fraction of sp³-hybridized carbons (Fsp3) is 0.915. The number of hydrogen-bond acceptors (Lipinski definition) is 6.